The second kappa shape index (κ2) is 11.2. The Morgan fingerprint density at radius 3 is 2.26 bits per heavy atom. The number of aliphatic imine (C=N–C) groups is 1. The molecule has 2 aromatic carbocycles. The molecule has 146 valence electrons. The Morgan fingerprint density at radius 2 is 1.63 bits per heavy atom. The van der Waals surface area contributed by atoms with Crippen molar-refractivity contribution in [3.8, 4) is 0 Å². The van der Waals surface area contributed by atoms with E-state index in [1.807, 2.05) is 0 Å². The second-order valence-electron chi connectivity index (χ2n) is 6.72. The molecular weight excluding hydrogens is 336 g/mol. The summed E-state index contributed by atoms with van der Waals surface area (Å²) in [7, 11) is 3.51. The van der Waals surface area contributed by atoms with Crippen LogP contribution in [0.5, 0.6) is 0 Å². The summed E-state index contributed by atoms with van der Waals surface area (Å²) in [6.45, 7) is 7.39. The number of methoxy groups -OCH3 is 1. The molecule has 0 aliphatic heterocycles. The van der Waals surface area contributed by atoms with E-state index in [4.69, 9.17) is 4.74 Å². The summed E-state index contributed by atoms with van der Waals surface area (Å²) in [6.07, 6.45) is 0.977. The number of benzene rings is 2. The molecular formula is C22H32N4O. The number of guanidine groups is 1. The molecule has 0 aliphatic rings. The average molecular weight is 369 g/mol. The van der Waals surface area contributed by atoms with Crippen molar-refractivity contribution >= 4 is 11.6 Å². The van der Waals surface area contributed by atoms with Crippen molar-refractivity contribution in [1.82, 2.24) is 10.6 Å². The third-order valence-corrected chi connectivity index (χ3v) is 4.26. The lowest BCUT2D eigenvalue weighted by Gasteiger charge is -2.13. The van der Waals surface area contributed by atoms with Gasteiger partial charge in [0, 0.05) is 39.5 Å². The maximum Gasteiger partial charge on any atom is 0.191 e. The van der Waals surface area contributed by atoms with Gasteiger partial charge in [0.1, 0.15) is 0 Å². The van der Waals surface area contributed by atoms with Crippen LogP contribution in [0.25, 0.3) is 0 Å². The highest BCUT2D eigenvalue weighted by molar-refractivity contribution is 5.79. The third-order valence-electron chi connectivity index (χ3n) is 4.26. The third kappa shape index (κ3) is 7.71. The summed E-state index contributed by atoms with van der Waals surface area (Å²) in [5, 5.41) is 10.1. The smallest absolute Gasteiger partial charge is 0.191 e. The second-order valence-corrected chi connectivity index (χ2v) is 6.72. The van der Waals surface area contributed by atoms with Gasteiger partial charge < -0.3 is 20.7 Å². The van der Waals surface area contributed by atoms with Crippen LogP contribution in [0, 0.1) is 13.8 Å². The number of hydrogen-bond donors (Lipinski definition) is 3. The number of hydrogen-bond acceptors (Lipinski definition) is 3. The van der Waals surface area contributed by atoms with Crippen LogP contribution in [-0.2, 0) is 17.7 Å². The first kappa shape index (κ1) is 20.8. The van der Waals surface area contributed by atoms with E-state index >= 15 is 0 Å². The molecule has 0 bridgehead atoms. The van der Waals surface area contributed by atoms with Gasteiger partial charge in [0.15, 0.2) is 5.96 Å². The van der Waals surface area contributed by atoms with Crippen LogP contribution in [0.15, 0.2) is 47.5 Å². The zero-order valence-electron chi connectivity index (χ0n) is 16.9. The number of nitrogens with one attached hydrogen (secondary N) is 3. The van der Waals surface area contributed by atoms with Crippen molar-refractivity contribution in [2.75, 3.05) is 39.2 Å². The molecule has 27 heavy (non-hydrogen) atoms. The van der Waals surface area contributed by atoms with Gasteiger partial charge in [-0.3, -0.25) is 4.99 Å². The van der Waals surface area contributed by atoms with Gasteiger partial charge in [0.05, 0.1) is 6.61 Å². The topological polar surface area (TPSA) is 57.7 Å². The highest BCUT2D eigenvalue weighted by atomic mass is 16.5. The zero-order valence-corrected chi connectivity index (χ0v) is 16.9. The number of ether oxygens (including phenoxy) is 1. The fourth-order valence-electron chi connectivity index (χ4n) is 2.98. The number of rotatable bonds is 9. The van der Waals surface area contributed by atoms with Gasteiger partial charge in [0.2, 0.25) is 0 Å². The maximum absolute atomic E-state index is 5.04. The lowest BCUT2D eigenvalue weighted by Crippen LogP contribution is -2.37. The summed E-state index contributed by atoms with van der Waals surface area (Å²) in [5.74, 6) is 0.821. The van der Waals surface area contributed by atoms with Crippen LogP contribution in [0.2, 0.25) is 0 Å². The van der Waals surface area contributed by atoms with E-state index in [2.05, 4.69) is 77.3 Å². The van der Waals surface area contributed by atoms with Crippen LogP contribution < -0.4 is 16.0 Å². The molecule has 0 heterocycles. The molecule has 5 nitrogen and oxygen atoms in total. The van der Waals surface area contributed by atoms with Crippen LogP contribution in [0.3, 0.4) is 0 Å². The molecule has 0 aromatic heterocycles. The molecule has 0 radical (unpaired) electrons. The van der Waals surface area contributed by atoms with E-state index in [9.17, 15) is 0 Å². The molecule has 0 saturated heterocycles. The summed E-state index contributed by atoms with van der Waals surface area (Å²) in [4.78, 5) is 4.31. The Morgan fingerprint density at radius 1 is 0.926 bits per heavy atom. The Kier molecular flexibility index (Phi) is 8.65. The van der Waals surface area contributed by atoms with Crippen molar-refractivity contribution in [3.63, 3.8) is 0 Å². The largest absolute Gasteiger partial charge is 0.383 e. The molecule has 0 amide bonds. The first-order valence-electron chi connectivity index (χ1n) is 9.44. The van der Waals surface area contributed by atoms with E-state index in [-0.39, 0.29) is 0 Å². The molecule has 0 aliphatic carbocycles. The molecule has 2 rings (SSSR count). The van der Waals surface area contributed by atoms with Crippen LogP contribution in [0.1, 0.15) is 22.3 Å². The van der Waals surface area contributed by atoms with Gasteiger partial charge in [-0.05, 0) is 43.5 Å². The Bertz CT molecular complexity index is 705. The van der Waals surface area contributed by atoms with Gasteiger partial charge in [-0.15, -0.1) is 0 Å². The average Bonchev–Trinajstić information content (AvgIpc) is 2.65. The van der Waals surface area contributed by atoms with Gasteiger partial charge in [0.25, 0.3) is 0 Å². The molecule has 3 N–H and O–H groups in total. The highest BCUT2D eigenvalue weighted by Crippen LogP contribution is 2.10. The number of aryl methyl sites for hydroxylation is 2. The molecule has 0 atom stereocenters. The first-order valence-corrected chi connectivity index (χ1v) is 9.44. The summed E-state index contributed by atoms with van der Waals surface area (Å²) < 4.78 is 5.04. The number of anilines is 1. The van der Waals surface area contributed by atoms with E-state index in [1.54, 1.807) is 14.2 Å². The maximum atomic E-state index is 5.04. The van der Waals surface area contributed by atoms with Crippen LogP contribution in [-0.4, -0.2) is 39.8 Å². The summed E-state index contributed by atoms with van der Waals surface area (Å²) in [5.41, 5.74) is 6.30. The lowest BCUT2D eigenvalue weighted by atomic mass is 10.1. The van der Waals surface area contributed by atoms with Crippen molar-refractivity contribution in [2.24, 2.45) is 4.99 Å². The summed E-state index contributed by atoms with van der Waals surface area (Å²) >= 11 is 0. The van der Waals surface area contributed by atoms with Gasteiger partial charge >= 0.3 is 0 Å². The van der Waals surface area contributed by atoms with E-state index in [1.165, 1.54) is 22.3 Å². The van der Waals surface area contributed by atoms with E-state index < -0.39 is 0 Å². The predicted octanol–water partition coefficient (Wildman–Crippen LogP) is 3.27. The van der Waals surface area contributed by atoms with Crippen molar-refractivity contribution in [1.29, 1.82) is 0 Å². The molecule has 0 unspecified atom stereocenters. The predicted molar refractivity (Wildman–Crippen MR) is 115 cm³/mol. The molecule has 0 fully saturated rings. The highest BCUT2D eigenvalue weighted by Gasteiger charge is 2.01. The minimum Gasteiger partial charge on any atom is -0.383 e. The molecule has 2 aromatic rings. The van der Waals surface area contributed by atoms with E-state index in [0.717, 1.165) is 37.7 Å². The fraction of sp³-hybridized carbons (Fsp3) is 0.409. The first-order chi connectivity index (χ1) is 13.1. The van der Waals surface area contributed by atoms with Crippen molar-refractivity contribution in [2.45, 2.75) is 26.8 Å². The minimum absolute atomic E-state index is 0.702. The quantitative estimate of drug-likeness (QED) is 0.361. The monoisotopic (exact) mass is 368 g/mol. The standard InChI is InChI=1S/C22H32N4O/c1-17-13-18(2)15-20(14-17)9-10-25-22(23-3)26-16-19-5-7-21(8-6-19)24-11-12-27-4/h5-8,13-15,24H,9-12,16H2,1-4H3,(H2,23,25,26). The lowest BCUT2D eigenvalue weighted by molar-refractivity contribution is 0.211. The normalized spacial score (nSPS) is 11.3. The van der Waals surface area contributed by atoms with Gasteiger partial charge in [-0.25, -0.2) is 0 Å². The Labute approximate surface area is 163 Å². The Hall–Kier alpha value is -2.53. The molecule has 5 heteroatoms. The van der Waals surface area contributed by atoms with Gasteiger partial charge in [-0.2, -0.15) is 0 Å². The summed E-state index contributed by atoms with van der Waals surface area (Å²) in [6, 6.07) is 15.1. The van der Waals surface area contributed by atoms with Crippen LogP contribution in [0.4, 0.5) is 5.69 Å². The SMILES string of the molecule is CN=C(NCCc1cc(C)cc(C)c1)NCc1ccc(NCCOC)cc1. The van der Waals surface area contributed by atoms with Crippen LogP contribution >= 0.6 is 0 Å². The fourth-order valence-corrected chi connectivity index (χ4v) is 2.98. The van der Waals surface area contributed by atoms with Crippen molar-refractivity contribution < 1.29 is 4.74 Å². The van der Waals surface area contributed by atoms with Crippen molar-refractivity contribution in [3.05, 3.63) is 64.7 Å². The zero-order chi connectivity index (χ0) is 19.5. The van der Waals surface area contributed by atoms with Gasteiger partial charge in [-0.1, -0.05) is 41.5 Å². The molecule has 0 saturated carbocycles. The number of nitrogens with zero attached hydrogens (tertiary/aromatic N) is 1. The molecule has 0 spiro atoms. The minimum atomic E-state index is 0.702. The van der Waals surface area contributed by atoms with E-state index in [0.29, 0.717) is 6.61 Å². The Balaban J connectivity index is 1.75.